The Hall–Kier alpha value is -5.15. The highest BCUT2D eigenvalue weighted by molar-refractivity contribution is 6.04. The van der Waals surface area contributed by atoms with E-state index in [1.807, 2.05) is 0 Å². The van der Waals surface area contributed by atoms with Crippen LogP contribution < -0.4 is 0 Å². The van der Waals surface area contributed by atoms with Crippen LogP contribution in [0.5, 0.6) is 0 Å². The number of aromatic amines is 2. The normalized spacial score (nSPS) is 12.9. The van der Waals surface area contributed by atoms with Crippen molar-refractivity contribution in [2.45, 2.75) is 40.5 Å². The standard InChI is InChI=1S/C41H37N3/c1-5-32-26(3)34-22-28-15-13-14-16-29(21-28)23-35-27(4)33(6-2)37(43-35)25-39-41(31-19-11-8-12-20-31)40(30-17-9-7-10-18-30)38(44-39)24-36(32)42-34/h7-25,42,44H,5-6H2,1-4H3. The monoisotopic (exact) mass is 571 g/mol. The quantitative estimate of drug-likeness (QED) is 0.221. The van der Waals surface area contributed by atoms with E-state index in [-0.39, 0.29) is 0 Å². The van der Waals surface area contributed by atoms with Crippen LogP contribution in [0.25, 0.3) is 67.6 Å². The van der Waals surface area contributed by atoms with Crippen LogP contribution in [-0.2, 0) is 6.42 Å². The average Bonchev–Trinajstić information content (AvgIpc) is 3.57. The minimum atomic E-state index is 0.913. The molecule has 0 unspecified atom stereocenters. The molecule has 3 heteroatoms. The highest BCUT2D eigenvalue weighted by atomic mass is 14.8. The Kier molecular flexibility index (Phi) is 7.23. The van der Waals surface area contributed by atoms with Gasteiger partial charge in [0, 0.05) is 33.2 Å². The molecule has 2 aliphatic rings. The first kappa shape index (κ1) is 27.7. The minimum Gasteiger partial charge on any atom is -0.355 e. The van der Waals surface area contributed by atoms with Crippen LogP contribution in [-0.4, -0.2) is 15.0 Å². The number of benzene rings is 2. The van der Waals surface area contributed by atoms with Gasteiger partial charge in [0.2, 0.25) is 0 Å². The van der Waals surface area contributed by atoms with Gasteiger partial charge in [-0.25, -0.2) is 4.98 Å². The molecule has 0 saturated heterocycles. The molecule has 44 heavy (non-hydrogen) atoms. The number of aryl methyl sites for hydroxylation is 2. The first-order valence-electron chi connectivity index (χ1n) is 15.6. The topological polar surface area (TPSA) is 44.5 Å². The van der Waals surface area contributed by atoms with Crippen LogP contribution in [0, 0.1) is 6.92 Å². The van der Waals surface area contributed by atoms with Crippen molar-refractivity contribution >= 4 is 45.4 Å². The molecule has 0 radical (unpaired) electrons. The summed E-state index contributed by atoms with van der Waals surface area (Å²) in [6.45, 7) is 8.90. The number of fused-ring (bicyclic) bond motifs is 8. The summed E-state index contributed by atoms with van der Waals surface area (Å²) in [5.41, 5.74) is 18.6. The van der Waals surface area contributed by atoms with Crippen LogP contribution in [0.2, 0.25) is 0 Å². The molecule has 4 heterocycles. The third-order valence-corrected chi connectivity index (χ3v) is 8.93. The summed E-state index contributed by atoms with van der Waals surface area (Å²) in [5, 5.41) is 0. The predicted octanol–water partition coefficient (Wildman–Crippen LogP) is 11.2. The van der Waals surface area contributed by atoms with E-state index in [4.69, 9.17) is 4.98 Å². The van der Waals surface area contributed by atoms with Crippen molar-refractivity contribution in [2.75, 3.05) is 0 Å². The molecule has 3 aromatic heterocycles. The maximum Gasteiger partial charge on any atom is 0.0693 e. The average molecular weight is 572 g/mol. The molecule has 0 amide bonds. The zero-order valence-electron chi connectivity index (χ0n) is 25.8. The van der Waals surface area contributed by atoms with Crippen LogP contribution in [0.15, 0.2) is 103 Å². The Labute approximate surface area is 259 Å². The van der Waals surface area contributed by atoms with Gasteiger partial charge in [0.25, 0.3) is 0 Å². The summed E-state index contributed by atoms with van der Waals surface area (Å²) in [5.74, 6) is 0. The highest BCUT2D eigenvalue weighted by Gasteiger charge is 2.19. The summed E-state index contributed by atoms with van der Waals surface area (Å²) in [7, 11) is 0. The van der Waals surface area contributed by atoms with E-state index in [9.17, 15) is 0 Å². The second kappa shape index (κ2) is 11.5. The molecular formula is C41H37N3. The van der Waals surface area contributed by atoms with Gasteiger partial charge >= 0.3 is 0 Å². The molecule has 1 aliphatic heterocycles. The van der Waals surface area contributed by atoms with E-state index in [2.05, 4.69) is 153 Å². The lowest BCUT2D eigenvalue weighted by Crippen LogP contribution is -1.83. The zero-order chi connectivity index (χ0) is 30.2. The van der Waals surface area contributed by atoms with Crippen molar-refractivity contribution < 1.29 is 0 Å². The van der Waals surface area contributed by atoms with E-state index in [0.29, 0.717) is 0 Å². The molecule has 0 atom stereocenters. The fraction of sp³-hybridized carbons (Fsp3) is 0.146. The van der Waals surface area contributed by atoms with Crippen LogP contribution in [0.3, 0.4) is 0 Å². The van der Waals surface area contributed by atoms with Crippen LogP contribution in [0.1, 0.15) is 60.8 Å². The van der Waals surface area contributed by atoms with Gasteiger partial charge in [0.05, 0.1) is 11.4 Å². The summed E-state index contributed by atoms with van der Waals surface area (Å²) in [6, 6.07) is 32.8. The van der Waals surface area contributed by atoms with Gasteiger partial charge in [0.15, 0.2) is 0 Å². The Balaban J connectivity index is 1.71. The smallest absolute Gasteiger partial charge is 0.0693 e. The first-order valence-corrected chi connectivity index (χ1v) is 15.6. The highest BCUT2D eigenvalue weighted by Crippen LogP contribution is 2.41. The molecular weight excluding hydrogens is 534 g/mol. The van der Waals surface area contributed by atoms with E-state index in [0.717, 1.165) is 57.4 Å². The van der Waals surface area contributed by atoms with Crippen molar-refractivity contribution in [1.29, 1.82) is 0 Å². The number of hydrogen-bond acceptors (Lipinski definition) is 1. The Morgan fingerprint density at radius 2 is 1.16 bits per heavy atom. The maximum atomic E-state index is 5.25. The van der Waals surface area contributed by atoms with Crippen molar-refractivity contribution in [3.8, 4) is 22.3 Å². The number of hydrogen-bond donors (Lipinski definition) is 2. The van der Waals surface area contributed by atoms with Crippen molar-refractivity contribution in [1.82, 2.24) is 15.0 Å². The molecule has 1 aliphatic carbocycles. The van der Waals surface area contributed by atoms with Crippen LogP contribution >= 0.6 is 0 Å². The Morgan fingerprint density at radius 3 is 1.77 bits per heavy atom. The van der Waals surface area contributed by atoms with E-state index in [1.165, 1.54) is 44.5 Å². The molecule has 0 spiro atoms. The molecule has 8 bridgehead atoms. The number of allylic oxidation sites excluding steroid dienone is 4. The van der Waals surface area contributed by atoms with Crippen molar-refractivity contribution in [2.24, 2.45) is 0 Å². The molecule has 3 nitrogen and oxygen atoms in total. The number of nitrogens with one attached hydrogen (secondary N) is 2. The second-order valence-electron chi connectivity index (χ2n) is 11.6. The first-order chi connectivity index (χ1) is 21.5. The third-order valence-electron chi connectivity index (χ3n) is 8.93. The second-order valence-corrected chi connectivity index (χ2v) is 11.6. The van der Waals surface area contributed by atoms with Gasteiger partial charge in [-0.1, -0.05) is 98.8 Å². The minimum absolute atomic E-state index is 0.913. The molecule has 5 aromatic rings. The van der Waals surface area contributed by atoms with Crippen LogP contribution in [0.4, 0.5) is 0 Å². The lowest BCUT2D eigenvalue weighted by Gasteiger charge is -2.07. The number of nitrogens with zero attached hydrogens (tertiary/aromatic N) is 1. The maximum absolute atomic E-state index is 5.25. The van der Waals surface area contributed by atoms with Gasteiger partial charge in [-0.3, -0.25) is 0 Å². The van der Waals surface area contributed by atoms with Gasteiger partial charge in [-0.15, -0.1) is 0 Å². The Bertz CT molecular complexity index is 2140. The number of rotatable bonds is 4. The van der Waals surface area contributed by atoms with Gasteiger partial charge in [0.1, 0.15) is 0 Å². The molecule has 2 N–H and O–H groups in total. The molecule has 0 saturated carbocycles. The summed E-state index contributed by atoms with van der Waals surface area (Å²) in [4.78, 5) is 12.9. The van der Waals surface area contributed by atoms with Gasteiger partial charge in [-0.2, -0.15) is 0 Å². The van der Waals surface area contributed by atoms with Crippen molar-refractivity contribution in [3.63, 3.8) is 0 Å². The molecule has 2 aromatic carbocycles. The lowest BCUT2D eigenvalue weighted by atomic mass is 9.95. The van der Waals surface area contributed by atoms with Crippen molar-refractivity contribution in [3.05, 3.63) is 137 Å². The summed E-state index contributed by atoms with van der Waals surface area (Å²) in [6.07, 6.45) is 10.4. The molecule has 7 rings (SSSR count). The SMILES string of the molecule is CCC1=C(C)c2cc3cc(cc4[nH]c(cc5[nH]c(cc1n2)c(-c1ccccc1)c5-c1ccccc1)c(CC)c4C)C=CC=C3. The summed E-state index contributed by atoms with van der Waals surface area (Å²) >= 11 is 0. The third kappa shape index (κ3) is 4.95. The largest absolute Gasteiger partial charge is 0.355 e. The number of H-pyrrole nitrogens is 2. The fourth-order valence-corrected chi connectivity index (χ4v) is 6.71. The van der Waals surface area contributed by atoms with Gasteiger partial charge in [-0.05, 0) is 102 Å². The fourth-order valence-electron chi connectivity index (χ4n) is 6.71. The Morgan fingerprint density at radius 1 is 0.568 bits per heavy atom. The van der Waals surface area contributed by atoms with Gasteiger partial charge < -0.3 is 9.97 Å². The molecule has 0 fully saturated rings. The lowest BCUT2D eigenvalue weighted by molar-refractivity contribution is 1.14. The van der Waals surface area contributed by atoms with E-state index < -0.39 is 0 Å². The molecule has 216 valence electrons. The number of aromatic nitrogens is 3. The zero-order valence-corrected chi connectivity index (χ0v) is 25.8. The van der Waals surface area contributed by atoms with E-state index in [1.54, 1.807) is 0 Å². The predicted molar refractivity (Wildman–Crippen MR) is 189 cm³/mol. The summed E-state index contributed by atoms with van der Waals surface area (Å²) < 4.78 is 0. The van der Waals surface area contributed by atoms with E-state index >= 15 is 0 Å².